The second-order valence-corrected chi connectivity index (χ2v) is 3.97. The quantitative estimate of drug-likeness (QED) is 0.650. The number of carbonyl (C=O) groups is 1. The van der Waals surface area contributed by atoms with E-state index in [1.54, 1.807) is 0 Å². The molecule has 1 unspecified atom stereocenters. The second kappa shape index (κ2) is 3.90. The van der Waals surface area contributed by atoms with Crippen LogP contribution in [0.4, 0.5) is 0 Å². The van der Waals surface area contributed by atoms with Crippen LogP contribution in [0.3, 0.4) is 0 Å². The molecule has 1 saturated heterocycles. The number of hydrogen-bond acceptors (Lipinski definition) is 2. The minimum Gasteiger partial charge on any atom is -0.393 e. The average Bonchev–Trinajstić information content (AvgIpc) is 2.34. The molecular weight excluding hydrogens is 154 g/mol. The number of aliphatic hydroxyl groups excluding tert-OH is 1. The molecule has 3 nitrogen and oxygen atoms in total. The van der Waals surface area contributed by atoms with Crippen molar-refractivity contribution in [3.63, 3.8) is 0 Å². The Labute approximate surface area is 73.2 Å². The smallest absolute Gasteiger partial charge is 0.220 e. The molecule has 0 bridgehead atoms. The van der Waals surface area contributed by atoms with Crippen molar-refractivity contribution in [1.82, 2.24) is 5.32 Å². The predicted octanol–water partition coefficient (Wildman–Crippen LogP) is 0.529. The van der Waals surface area contributed by atoms with Crippen LogP contribution in [-0.4, -0.2) is 23.7 Å². The molecule has 1 aliphatic rings. The zero-order valence-electron chi connectivity index (χ0n) is 7.71. The molecule has 3 heteroatoms. The largest absolute Gasteiger partial charge is 0.393 e. The molecule has 0 spiro atoms. The van der Waals surface area contributed by atoms with Gasteiger partial charge in [-0.2, -0.15) is 0 Å². The maximum Gasteiger partial charge on any atom is 0.220 e. The van der Waals surface area contributed by atoms with Crippen LogP contribution in [0, 0.1) is 11.8 Å². The van der Waals surface area contributed by atoms with Crippen LogP contribution in [-0.2, 0) is 4.79 Å². The Bertz CT molecular complexity index is 168. The topological polar surface area (TPSA) is 49.3 Å². The number of amides is 1. The fraction of sp³-hybridized carbons (Fsp3) is 0.889. The molecule has 1 fully saturated rings. The van der Waals surface area contributed by atoms with Gasteiger partial charge in [-0.25, -0.2) is 0 Å². The molecule has 12 heavy (non-hydrogen) atoms. The lowest BCUT2D eigenvalue weighted by atomic mass is 9.94. The zero-order chi connectivity index (χ0) is 9.14. The molecular formula is C9H17NO2. The maximum absolute atomic E-state index is 10.8. The molecule has 0 aromatic heterocycles. The minimum absolute atomic E-state index is 0.0720. The average molecular weight is 171 g/mol. The normalized spacial score (nSPS) is 26.0. The SMILES string of the molecule is CC(C)C[C@@H](O)C1CNC(=O)C1. The lowest BCUT2D eigenvalue weighted by Crippen LogP contribution is -2.24. The molecule has 0 aromatic carbocycles. The third-order valence-corrected chi connectivity index (χ3v) is 2.27. The van der Waals surface area contributed by atoms with Crippen molar-refractivity contribution in [3.05, 3.63) is 0 Å². The van der Waals surface area contributed by atoms with Crippen LogP contribution >= 0.6 is 0 Å². The van der Waals surface area contributed by atoms with Crippen molar-refractivity contribution in [3.8, 4) is 0 Å². The summed E-state index contributed by atoms with van der Waals surface area (Å²) in [6.45, 7) is 4.80. The zero-order valence-corrected chi connectivity index (χ0v) is 7.71. The number of rotatable bonds is 3. The van der Waals surface area contributed by atoms with Gasteiger partial charge in [0.1, 0.15) is 0 Å². The number of nitrogens with one attached hydrogen (secondary N) is 1. The van der Waals surface area contributed by atoms with Gasteiger partial charge in [0.25, 0.3) is 0 Å². The van der Waals surface area contributed by atoms with Crippen LogP contribution < -0.4 is 5.32 Å². The van der Waals surface area contributed by atoms with E-state index in [-0.39, 0.29) is 17.9 Å². The summed E-state index contributed by atoms with van der Waals surface area (Å²) in [5.74, 6) is 0.707. The number of carbonyl (C=O) groups excluding carboxylic acids is 1. The molecule has 1 aliphatic heterocycles. The highest BCUT2D eigenvalue weighted by molar-refractivity contribution is 5.78. The molecule has 2 atom stereocenters. The third-order valence-electron chi connectivity index (χ3n) is 2.27. The Morgan fingerprint density at radius 2 is 2.33 bits per heavy atom. The van der Waals surface area contributed by atoms with E-state index in [2.05, 4.69) is 19.2 Å². The molecule has 1 amide bonds. The summed E-state index contributed by atoms with van der Waals surface area (Å²) in [4.78, 5) is 10.8. The van der Waals surface area contributed by atoms with Crippen LogP contribution in [0.15, 0.2) is 0 Å². The Morgan fingerprint density at radius 3 is 2.75 bits per heavy atom. The van der Waals surface area contributed by atoms with E-state index in [0.29, 0.717) is 18.9 Å². The Balaban J connectivity index is 2.32. The fourth-order valence-corrected chi connectivity index (χ4v) is 1.57. The molecule has 0 aromatic rings. The van der Waals surface area contributed by atoms with Gasteiger partial charge in [-0.05, 0) is 12.3 Å². The lowest BCUT2D eigenvalue weighted by Gasteiger charge is -2.17. The summed E-state index contributed by atoms with van der Waals surface area (Å²) in [7, 11) is 0. The summed E-state index contributed by atoms with van der Waals surface area (Å²) in [6, 6.07) is 0. The van der Waals surface area contributed by atoms with Crippen molar-refractivity contribution in [2.24, 2.45) is 11.8 Å². The summed E-state index contributed by atoms with van der Waals surface area (Å²) in [6.07, 6.45) is 0.969. The Kier molecular flexibility index (Phi) is 3.09. The van der Waals surface area contributed by atoms with E-state index < -0.39 is 0 Å². The van der Waals surface area contributed by atoms with E-state index in [9.17, 15) is 9.90 Å². The molecule has 0 aliphatic carbocycles. The maximum atomic E-state index is 10.8. The van der Waals surface area contributed by atoms with Crippen LogP contribution in [0.1, 0.15) is 26.7 Å². The minimum atomic E-state index is -0.316. The van der Waals surface area contributed by atoms with Crippen molar-refractivity contribution < 1.29 is 9.90 Å². The van der Waals surface area contributed by atoms with Crippen LogP contribution in [0.25, 0.3) is 0 Å². The van der Waals surface area contributed by atoms with Crippen molar-refractivity contribution in [2.75, 3.05) is 6.54 Å². The van der Waals surface area contributed by atoms with Gasteiger partial charge in [-0.3, -0.25) is 4.79 Å². The van der Waals surface area contributed by atoms with Crippen molar-refractivity contribution in [2.45, 2.75) is 32.8 Å². The highest BCUT2D eigenvalue weighted by Gasteiger charge is 2.27. The summed E-state index contributed by atoms with van der Waals surface area (Å²) in [5, 5.41) is 12.4. The first-order chi connectivity index (χ1) is 5.59. The molecule has 0 radical (unpaired) electrons. The Morgan fingerprint density at radius 1 is 1.67 bits per heavy atom. The van der Waals surface area contributed by atoms with Crippen molar-refractivity contribution >= 4 is 5.91 Å². The van der Waals surface area contributed by atoms with Gasteiger partial charge in [0.15, 0.2) is 0 Å². The summed E-state index contributed by atoms with van der Waals surface area (Å²) in [5.41, 5.74) is 0. The highest BCUT2D eigenvalue weighted by Crippen LogP contribution is 2.19. The first-order valence-corrected chi connectivity index (χ1v) is 4.54. The molecule has 1 heterocycles. The summed E-state index contributed by atoms with van der Waals surface area (Å²) >= 11 is 0. The van der Waals surface area contributed by atoms with E-state index in [1.807, 2.05) is 0 Å². The molecule has 70 valence electrons. The van der Waals surface area contributed by atoms with E-state index >= 15 is 0 Å². The van der Waals surface area contributed by atoms with Gasteiger partial charge >= 0.3 is 0 Å². The van der Waals surface area contributed by atoms with Crippen molar-refractivity contribution in [1.29, 1.82) is 0 Å². The second-order valence-electron chi connectivity index (χ2n) is 3.97. The van der Waals surface area contributed by atoms with Gasteiger partial charge in [0.05, 0.1) is 6.10 Å². The van der Waals surface area contributed by atoms with Gasteiger partial charge in [0, 0.05) is 18.9 Å². The lowest BCUT2D eigenvalue weighted by molar-refractivity contribution is -0.119. The number of aliphatic hydroxyl groups is 1. The van der Waals surface area contributed by atoms with E-state index in [1.165, 1.54) is 0 Å². The Hall–Kier alpha value is -0.570. The predicted molar refractivity (Wildman–Crippen MR) is 46.6 cm³/mol. The molecule has 1 rings (SSSR count). The van der Waals surface area contributed by atoms with Gasteiger partial charge < -0.3 is 10.4 Å². The van der Waals surface area contributed by atoms with Gasteiger partial charge in [0.2, 0.25) is 5.91 Å². The summed E-state index contributed by atoms with van der Waals surface area (Å²) < 4.78 is 0. The van der Waals surface area contributed by atoms with Gasteiger partial charge in [-0.1, -0.05) is 13.8 Å². The fourth-order valence-electron chi connectivity index (χ4n) is 1.57. The van der Waals surface area contributed by atoms with Gasteiger partial charge in [-0.15, -0.1) is 0 Å². The standard InChI is InChI=1S/C9H17NO2/c1-6(2)3-8(11)7-4-9(12)10-5-7/h6-8,11H,3-5H2,1-2H3,(H,10,12)/t7?,8-/m1/s1. The number of hydrogen-bond donors (Lipinski definition) is 2. The molecule has 2 N–H and O–H groups in total. The first kappa shape index (κ1) is 9.52. The first-order valence-electron chi connectivity index (χ1n) is 4.54. The molecule has 0 saturated carbocycles. The van der Waals surface area contributed by atoms with Crippen LogP contribution in [0.5, 0.6) is 0 Å². The monoisotopic (exact) mass is 171 g/mol. The van der Waals surface area contributed by atoms with Crippen LogP contribution in [0.2, 0.25) is 0 Å². The van der Waals surface area contributed by atoms with E-state index in [4.69, 9.17) is 0 Å². The third kappa shape index (κ3) is 2.48. The highest BCUT2D eigenvalue weighted by atomic mass is 16.3. The van der Waals surface area contributed by atoms with E-state index in [0.717, 1.165) is 6.42 Å².